The van der Waals surface area contributed by atoms with Crippen molar-refractivity contribution in [1.29, 1.82) is 0 Å². The number of thioether (sulfide) groups is 1. The zero-order valence-corrected chi connectivity index (χ0v) is 18.9. The van der Waals surface area contributed by atoms with E-state index in [1.54, 1.807) is 60.7 Å². The van der Waals surface area contributed by atoms with Crippen molar-refractivity contribution in [1.82, 2.24) is 0 Å². The van der Waals surface area contributed by atoms with Gasteiger partial charge in [0.1, 0.15) is 0 Å². The Balaban J connectivity index is 1.70. The van der Waals surface area contributed by atoms with Gasteiger partial charge < -0.3 is 16.4 Å². The van der Waals surface area contributed by atoms with Crippen LogP contribution in [-0.2, 0) is 4.79 Å². The van der Waals surface area contributed by atoms with Gasteiger partial charge in [0.05, 0.1) is 16.5 Å². The van der Waals surface area contributed by atoms with Crippen LogP contribution in [0.4, 0.5) is 11.4 Å². The average molecular weight is 468 g/mol. The maximum atomic E-state index is 12.8. The Hall–Kier alpha value is -3.29. The number of hydrogen-bond acceptors (Lipinski definition) is 4. The molecule has 0 aliphatic heterocycles. The zero-order chi connectivity index (χ0) is 23.1. The van der Waals surface area contributed by atoms with Crippen LogP contribution in [-0.4, -0.2) is 23.0 Å². The molecule has 0 saturated heterocycles. The molecule has 164 valence electrons. The Bertz CT molecular complexity index is 1150. The minimum atomic E-state index is -0.607. The molecule has 32 heavy (non-hydrogen) atoms. The third-order valence-electron chi connectivity index (χ3n) is 4.57. The number of nitrogens with one attached hydrogen (secondary N) is 2. The van der Waals surface area contributed by atoms with E-state index in [2.05, 4.69) is 10.6 Å². The minimum Gasteiger partial charge on any atom is -0.366 e. The number of benzene rings is 3. The van der Waals surface area contributed by atoms with E-state index in [1.807, 2.05) is 19.1 Å². The van der Waals surface area contributed by atoms with Crippen molar-refractivity contribution in [2.45, 2.75) is 23.5 Å². The summed E-state index contributed by atoms with van der Waals surface area (Å²) < 4.78 is 0. The van der Waals surface area contributed by atoms with E-state index in [0.29, 0.717) is 28.4 Å². The predicted octanol–water partition coefficient (Wildman–Crippen LogP) is 5.20. The third kappa shape index (κ3) is 6.12. The largest absolute Gasteiger partial charge is 0.366 e. The molecule has 0 aromatic heterocycles. The normalized spacial score (nSPS) is 11.4. The van der Waals surface area contributed by atoms with Gasteiger partial charge in [-0.3, -0.25) is 14.4 Å². The number of para-hydroxylation sites is 1. The lowest BCUT2D eigenvalue weighted by Gasteiger charge is -2.16. The molecule has 0 spiro atoms. The van der Waals surface area contributed by atoms with Crippen LogP contribution in [0.25, 0.3) is 0 Å². The van der Waals surface area contributed by atoms with Gasteiger partial charge in [0.2, 0.25) is 5.91 Å². The second-order valence-corrected chi connectivity index (χ2v) is 8.62. The Labute approximate surface area is 195 Å². The fraction of sp³-hybridized carbons (Fsp3) is 0.125. The summed E-state index contributed by atoms with van der Waals surface area (Å²) >= 11 is 7.33. The topological polar surface area (TPSA) is 101 Å². The SMILES string of the molecule is CCC(Sc1cccc(NC(=O)c2cccc(Cl)c2)c1)C(=O)Nc1ccccc1C(N)=O. The lowest BCUT2D eigenvalue weighted by atomic mass is 10.1. The van der Waals surface area contributed by atoms with E-state index in [0.717, 1.165) is 4.90 Å². The lowest BCUT2D eigenvalue weighted by Crippen LogP contribution is -2.26. The molecule has 4 N–H and O–H groups in total. The number of hydrogen-bond donors (Lipinski definition) is 3. The van der Waals surface area contributed by atoms with Crippen molar-refractivity contribution in [3.05, 3.63) is 88.9 Å². The van der Waals surface area contributed by atoms with E-state index < -0.39 is 11.2 Å². The summed E-state index contributed by atoms with van der Waals surface area (Å²) in [5.74, 6) is -1.12. The van der Waals surface area contributed by atoms with E-state index in [4.69, 9.17) is 17.3 Å². The van der Waals surface area contributed by atoms with E-state index >= 15 is 0 Å². The second kappa shape index (κ2) is 10.8. The number of anilines is 2. The van der Waals surface area contributed by atoms with Crippen LogP contribution in [0.5, 0.6) is 0 Å². The summed E-state index contributed by atoms with van der Waals surface area (Å²) in [4.78, 5) is 37.7. The van der Waals surface area contributed by atoms with Crippen LogP contribution in [0.15, 0.2) is 77.7 Å². The molecule has 8 heteroatoms. The van der Waals surface area contributed by atoms with Crippen LogP contribution in [0.1, 0.15) is 34.1 Å². The molecular weight excluding hydrogens is 446 g/mol. The molecule has 6 nitrogen and oxygen atoms in total. The fourth-order valence-electron chi connectivity index (χ4n) is 2.99. The monoisotopic (exact) mass is 467 g/mol. The van der Waals surface area contributed by atoms with Gasteiger partial charge in [-0.1, -0.05) is 42.8 Å². The van der Waals surface area contributed by atoms with Gasteiger partial charge in [0.15, 0.2) is 0 Å². The maximum Gasteiger partial charge on any atom is 0.255 e. The van der Waals surface area contributed by atoms with Crippen LogP contribution in [0.2, 0.25) is 5.02 Å². The number of carbonyl (C=O) groups excluding carboxylic acids is 3. The molecule has 0 heterocycles. The highest BCUT2D eigenvalue weighted by molar-refractivity contribution is 8.00. The molecule has 1 atom stereocenters. The number of amides is 3. The smallest absolute Gasteiger partial charge is 0.255 e. The lowest BCUT2D eigenvalue weighted by molar-refractivity contribution is -0.115. The Morgan fingerprint density at radius 2 is 1.72 bits per heavy atom. The Morgan fingerprint density at radius 1 is 0.969 bits per heavy atom. The molecule has 3 aromatic rings. The fourth-order valence-corrected chi connectivity index (χ4v) is 4.19. The summed E-state index contributed by atoms with van der Waals surface area (Å²) in [6.45, 7) is 1.90. The summed E-state index contributed by atoms with van der Waals surface area (Å²) in [7, 11) is 0. The summed E-state index contributed by atoms with van der Waals surface area (Å²) in [5.41, 5.74) is 7.09. The first-order valence-electron chi connectivity index (χ1n) is 9.90. The van der Waals surface area contributed by atoms with Gasteiger partial charge in [-0.25, -0.2) is 0 Å². The Kier molecular flexibility index (Phi) is 7.92. The number of nitrogens with two attached hydrogens (primary N) is 1. The highest BCUT2D eigenvalue weighted by Gasteiger charge is 2.20. The summed E-state index contributed by atoms with van der Waals surface area (Å²) in [6.07, 6.45) is 0.564. The number of rotatable bonds is 8. The van der Waals surface area contributed by atoms with E-state index in [-0.39, 0.29) is 17.4 Å². The number of carbonyl (C=O) groups is 3. The molecule has 0 saturated carbocycles. The summed E-state index contributed by atoms with van der Waals surface area (Å²) in [6, 6.07) is 20.6. The van der Waals surface area contributed by atoms with Crippen LogP contribution < -0.4 is 16.4 Å². The third-order valence-corrected chi connectivity index (χ3v) is 6.16. The zero-order valence-electron chi connectivity index (χ0n) is 17.3. The highest BCUT2D eigenvalue weighted by atomic mass is 35.5. The molecule has 0 fully saturated rings. The van der Waals surface area contributed by atoms with Crippen molar-refractivity contribution in [3.63, 3.8) is 0 Å². The molecule has 3 amide bonds. The minimum absolute atomic E-state index is 0.237. The first kappa shape index (κ1) is 23.4. The second-order valence-electron chi connectivity index (χ2n) is 6.91. The van der Waals surface area contributed by atoms with Crippen molar-refractivity contribution >= 4 is 52.5 Å². The molecule has 0 aliphatic rings. The standard InChI is InChI=1S/C24H22ClN3O3S/c1-2-21(24(31)28-20-12-4-3-11-19(20)22(26)29)32-18-10-6-9-17(14-18)27-23(30)15-7-5-8-16(25)13-15/h3-14,21H,2H2,1H3,(H2,26,29)(H,27,30)(H,28,31). The van der Waals surface area contributed by atoms with Gasteiger partial charge in [-0.2, -0.15) is 0 Å². The first-order chi connectivity index (χ1) is 15.4. The van der Waals surface area contributed by atoms with Gasteiger partial charge in [-0.05, 0) is 55.0 Å². The van der Waals surface area contributed by atoms with Crippen molar-refractivity contribution in [2.75, 3.05) is 10.6 Å². The predicted molar refractivity (Wildman–Crippen MR) is 129 cm³/mol. The van der Waals surface area contributed by atoms with Gasteiger partial charge in [0.25, 0.3) is 11.8 Å². The van der Waals surface area contributed by atoms with Crippen LogP contribution >= 0.6 is 23.4 Å². The van der Waals surface area contributed by atoms with Crippen molar-refractivity contribution in [3.8, 4) is 0 Å². The van der Waals surface area contributed by atoms with Gasteiger partial charge >= 0.3 is 0 Å². The van der Waals surface area contributed by atoms with E-state index in [1.165, 1.54) is 11.8 Å². The van der Waals surface area contributed by atoms with Gasteiger partial charge in [0, 0.05) is 21.2 Å². The number of halogens is 1. The van der Waals surface area contributed by atoms with E-state index in [9.17, 15) is 14.4 Å². The molecular formula is C24H22ClN3O3S. The van der Waals surface area contributed by atoms with Gasteiger partial charge in [-0.15, -0.1) is 11.8 Å². The van der Waals surface area contributed by atoms with Crippen molar-refractivity contribution < 1.29 is 14.4 Å². The Morgan fingerprint density at radius 3 is 2.44 bits per heavy atom. The molecule has 3 aromatic carbocycles. The molecule has 0 bridgehead atoms. The first-order valence-corrected chi connectivity index (χ1v) is 11.2. The molecule has 1 unspecified atom stereocenters. The number of primary amides is 1. The maximum absolute atomic E-state index is 12.8. The van der Waals surface area contributed by atoms with Crippen LogP contribution in [0, 0.1) is 0 Å². The van der Waals surface area contributed by atoms with Crippen molar-refractivity contribution in [2.24, 2.45) is 5.73 Å². The van der Waals surface area contributed by atoms with Crippen LogP contribution in [0.3, 0.4) is 0 Å². The highest BCUT2D eigenvalue weighted by Crippen LogP contribution is 2.29. The molecule has 3 rings (SSSR count). The quantitative estimate of drug-likeness (QED) is 0.396. The molecule has 0 aliphatic carbocycles. The summed E-state index contributed by atoms with van der Waals surface area (Å²) in [5, 5.41) is 5.71. The molecule has 0 radical (unpaired) electrons. The average Bonchev–Trinajstić information content (AvgIpc) is 2.78.